The lowest BCUT2D eigenvalue weighted by Gasteiger charge is -2.25. The second-order valence-electron chi connectivity index (χ2n) is 3.31. The van der Waals surface area contributed by atoms with Gasteiger partial charge in [0.25, 0.3) is 0 Å². The number of thiazole rings is 1. The summed E-state index contributed by atoms with van der Waals surface area (Å²) in [5.41, 5.74) is 0. The van der Waals surface area contributed by atoms with Crippen molar-refractivity contribution in [3.05, 3.63) is 11.6 Å². The molecule has 72 valence electrons. The molecule has 2 atom stereocenters. The molecule has 0 bridgehead atoms. The lowest BCUT2D eigenvalue weighted by molar-refractivity contribution is 0.137. The molecular weight excluding hydrogens is 202 g/mol. The number of aliphatic hydroxyl groups is 1. The summed E-state index contributed by atoms with van der Waals surface area (Å²) in [7, 11) is 0. The minimum absolute atomic E-state index is 0.123. The highest BCUT2D eigenvalue weighted by Gasteiger charge is 2.24. The van der Waals surface area contributed by atoms with Crippen molar-refractivity contribution in [2.24, 2.45) is 0 Å². The van der Waals surface area contributed by atoms with Gasteiger partial charge in [0.15, 0.2) is 0 Å². The Morgan fingerprint density at radius 1 is 1.46 bits per heavy atom. The first-order valence-electron chi connectivity index (χ1n) is 4.60. The van der Waals surface area contributed by atoms with Gasteiger partial charge in [-0.25, -0.2) is 4.98 Å². The van der Waals surface area contributed by atoms with Gasteiger partial charge in [0.2, 0.25) is 0 Å². The summed E-state index contributed by atoms with van der Waals surface area (Å²) in [6.45, 7) is 0. The standard InChI is InChI=1S/C9H13NOS2/c11-7-3-1-2-4-8(7)13-9-10-5-6-12-9/h5-8,11H,1-4H2/t7-,8-/m0/s1. The van der Waals surface area contributed by atoms with E-state index < -0.39 is 0 Å². The van der Waals surface area contributed by atoms with Crippen LogP contribution >= 0.6 is 23.1 Å². The number of hydrogen-bond acceptors (Lipinski definition) is 4. The van der Waals surface area contributed by atoms with E-state index in [1.165, 1.54) is 12.8 Å². The van der Waals surface area contributed by atoms with Gasteiger partial charge in [-0.15, -0.1) is 11.3 Å². The molecule has 0 aliphatic heterocycles. The van der Waals surface area contributed by atoms with E-state index >= 15 is 0 Å². The molecule has 0 amide bonds. The first-order valence-corrected chi connectivity index (χ1v) is 6.36. The van der Waals surface area contributed by atoms with E-state index in [0.717, 1.165) is 17.2 Å². The van der Waals surface area contributed by atoms with Crippen molar-refractivity contribution in [2.45, 2.75) is 41.4 Å². The number of thioether (sulfide) groups is 1. The van der Waals surface area contributed by atoms with Gasteiger partial charge in [-0.2, -0.15) is 0 Å². The third-order valence-electron chi connectivity index (χ3n) is 2.33. The van der Waals surface area contributed by atoms with Crippen LogP contribution in [0.1, 0.15) is 25.7 Å². The van der Waals surface area contributed by atoms with Gasteiger partial charge in [-0.3, -0.25) is 0 Å². The molecule has 0 radical (unpaired) electrons. The van der Waals surface area contributed by atoms with Crippen molar-refractivity contribution in [1.29, 1.82) is 0 Å². The summed E-state index contributed by atoms with van der Waals surface area (Å²) in [6.07, 6.45) is 6.22. The van der Waals surface area contributed by atoms with Gasteiger partial charge in [0, 0.05) is 16.8 Å². The molecule has 1 aromatic rings. The van der Waals surface area contributed by atoms with Gasteiger partial charge in [0.1, 0.15) is 4.34 Å². The van der Waals surface area contributed by atoms with E-state index in [1.54, 1.807) is 23.1 Å². The largest absolute Gasteiger partial charge is 0.392 e. The number of aliphatic hydroxyl groups excluding tert-OH is 1. The molecule has 4 heteroatoms. The lowest BCUT2D eigenvalue weighted by atomic mass is 9.97. The Hall–Kier alpha value is -0.0600. The fourth-order valence-electron chi connectivity index (χ4n) is 1.61. The first-order chi connectivity index (χ1) is 6.36. The fraction of sp³-hybridized carbons (Fsp3) is 0.667. The molecule has 1 saturated carbocycles. The fourth-order valence-corrected chi connectivity index (χ4v) is 3.69. The Balaban J connectivity index is 1.93. The molecular formula is C9H13NOS2. The summed E-state index contributed by atoms with van der Waals surface area (Å²) in [4.78, 5) is 4.22. The number of aromatic nitrogens is 1. The summed E-state index contributed by atoms with van der Waals surface area (Å²) in [6, 6.07) is 0. The second-order valence-corrected chi connectivity index (χ2v) is 5.69. The zero-order valence-electron chi connectivity index (χ0n) is 7.35. The van der Waals surface area contributed by atoms with Gasteiger partial charge < -0.3 is 5.11 Å². The summed E-state index contributed by atoms with van der Waals surface area (Å²) in [5, 5.41) is 12.1. The van der Waals surface area contributed by atoms with Crippen molar-refractivity contribution < 1.29 is 5.11 Å². The predicted molar refractivity (Wildman–Crippen MR) is 56.2 cm³/mol. The van der Waals surface area contributed by atoms with Crippen molar-refractivity contribution in [1.82, 2.24) is 4.98 Å². The lowest BCUT2D eigenvalue weighted by Crippen LogP contribution is -2.26. The Morgan fingerprint density at radius 2 is 2.31 bits per heavy atom. The van der Waals surface area contributed by atoms with E-state index in [2.05, 4.69) is 4.98 Å². The summed E-state index contributed by atoms with van der Waals surface area (Å²) in [5.74, 6) is 0. The van der Waals surface area contributed by atoms with Crippen LogP contribution in [-0.4, -0.2) is 21.4 Å². The normalized spacial score (nSPS) is 29.0. The molecule has 0 aromatic carbocycles. The molecule has 13 heavy (non-hydrogen) atoms. The van der Waals surface area contributed by atoms with Gasteiger partial charge in [-0.05, 0) is 12.8 Å². The Labute approximate surface area is 86.4 Å². The van der Waals surface area contributed by atoms with E-state index in [0.29, 0.717) is 5.25 Å². The molecule has 1 aliphatic carbocycles. The number of rotatable bonds is 2. The van der Waals surface area contributed by atoms with Gasteiger partial charge in [0.05, 0.1) is 6.10 Å². The highest BCUT2D eigenvalue weighted by Crippen LogP contribution is 2.34. The Bertz CT molecular complexity index is 250. The predicted octanol–water partition coefficient (Wildman–Crippen LogP) is 2.54. The van der Waals surface area contributed by atoms with Crippen molar-refractivity contribution >= 4 is 23.1 Å². The monoisotopic (exact) mass is 215 g/mol. The van der Waals surface area contributed by atoms with Crippen molar-refractivity contribution in [3.63, 3.8) is 0 Å². The molecule has 2 rings (SSSR count). The average molecular weight is 215 g/mol. The third kappa shape index (κ3) is 2.45. The Morgan fingerprint density at radius 3 is 3.00 bits per heavy atom. The van der Waals surface area contributed by atoms with Crippen molar-refractivity contribution in [2.75, 3.05) is 0 Å². The minimum Gasteiger partial charge on any atom is -0.392 e. The Kier molecular flexibility index (Phi) is 3.24. The molecule has 1 aromatic heterocycles. The van der Waals surface area contributed by atoms with Crippen LogP contribution in [0, 0.1) is 0 Å². The minimum atomic E-state index is -0.123. The number of nitrogens with zero attached hydrogens (tertiary/aromatic N) is 1. The molecule has 1 N–H and O–H groups in total. The van der Waals surface area contributed by atoms with Crippen LogP contribution in [0.2, 0.25) is 0 Å². The summed E-state index contributed by atoms with van der Waals surface area (Å²) >= 11 is 3.40. The quantitative estimate of drug-likeness (QED) is 0.823. The maximum atomic E-state index is 9.72. The van der Waals surface area contributed by atoms with Crippen LogP contribution in [0.4, 0.5) is 0 Å². The maximum Gasteiger partial charge on any atom is 0.150 e. The highest BCUT2D eigenvalue weighted by atomic mass is 32.2. The van der Waals surface area contributed by atoms with Crippen molar-refractivity contribution in [3.8, 4) is 0 Å². The first kappa shape index (κ1) is 9.49. The van der Waals surface area contributed by atoms with Gasteiger partial charge >= 0.3 is 0 Å². The molecule has 1 aliphatic rings. The van der Waals surface area contributed by atoms with Crippen LogP contribution in [0.5, 0.6) is 0 Å². The smallest absolute Gasteiger partial charge is 0.150 e. The van der Waals surface area contributed by atoms with E-state index in [1.807, 2.05) is 11.6 Å². The average Bonchev–Trinajstić information content (AvgIpc) is 2.61. The molecule has 0 unspecified atom stereocenters. The molecule has 2 nitrogen and oxygen atoms in total. The SMILES string of the molecule is O[C@H]1CCCC[C@@H]1Sc1nccs1. The van der Waals surface area contributed by atoms with Crippen LogP contribution in [-0.2, 0) is 0 Å². The zero-order chi connectivity index (χ0) is 9.10. The summed E-state index contributed by atoms with van der Waals surface area (Å²) < 4.78 is 1.09. The molecule has 0 spiro atoms. The third-order valence-corrected chi connectivity index (χ3v) is 4.63. The van der Waals surface area contributed by atoms with E-state index in [9.17, 15) is 5.11 Å². The van der Waals surface area contributed by atoms with Crippen LogP contribution in [0.3, 0.4) is 0 Å². The van der Waals surface area contributed by atoms with E-state index in [4.69, 9.17) is 0 Å². The zero-order valence-corrected chi connectivity index (χ0v) is 8.98. The second kappa shape index (κ2) is 4.44. The van der Waals surface area contributed by atoms with Crippen LogP contribution < -0.4 is 0 Å². The van der Waals surface area contributed by atoms with Gasteiger partial charge in [-0.1, -0.05) is 24.6 Å². The molecule has 1 fully saturated rings. The highest BCUT2D eigenvalue weighted by molar-refractivity contribution is 8.01. The maximum absolute atomic E-state index is 9.72. The van der Waals surface area contributed by atoms with Crippen LogP contribution in [0.25, 0.3) is 0 Å². The topological polar surface area (TPSA) is 33.1 Å². The van der Waals surface area contributed by atoms with Crippen LogP contribution in [0.15, 0.2) is 15.9 Å². The number of hydrogen-bond donors (Lipinski definition) is 1. The van der Waals surface area contributed by atoms with E-state index in [-0.39, 0.29) is 6.10 Å². The molecule has 0 saturated heterocycles. The molecule has 1 heterocycles.